The van der Waals surface area contributed by atoms with E-state index in [-0.39, 0.29) is 37.0 Å². The van der Waals surface area contributed by atoms with Gasteiger partial charge in [-0.15, -0.1) is 6.54 Å². The number of benzene rings is 1. The zero-order chi connectivity index (χ0) is 26.1. The zero-order valence-electron chi connectivity index (χ0n) is 22.4. The van der Waals surface area contributed by atoms with Gasteiger partial charge >= 0.3 is 31.1 Å². The number of carbonyl (C=O) groups excluding carboxylic acids is 1. The van der Waals surface area contributed by atoms with Gasteiger partial charge in [0.05, 0.1) is 4.47 Å². The molecular weight excluding hydrogens is 756 g/mol. The fourth-order valence-corrected chi connectivity index (χ4v) is 4.55. The largest absolute Gasteiger partial charge is 2.00 e. The number of hydrogen-bond acceptors (Lipinski definition) is 7. The first kappa shape index (κ1) is 31.9. The van der Waals surface area contributed by atoms with Crippen molar-refractivity contribution in [3.05, 3.63) is 48.3 Å². The predicted molar refractivity (Wildman–Crippen MR) is 153 cm³/mol. The Morgan fingerprint density at radius 2 is 1.95 bits per heavy atom. The molecule has 10 heteroatoms. The van der Waals surface area contributed by atoms with E-state index in [1.807, 2.05) is 0 Å². The van der Waals surface area contributed by atoms with Crippen molar-refractivity contribution in [2.75, 3.05) is 68.4 Å². The monoisotopic (exact) mass is 795 g/mol. The molecule has 0 atom stereocenters. The maximum atomic E-state index is 12.1. The van der Waals surface area contributed by atoms with Crippen LogP contribution < -0.4 is 15.5 Å². The fraction of sp³-hybridized carbons (Fsp3) is 0.519. The third-order valence-corrected chi connectivity index (χ3v) is 7.01. The minimum atomic E-state index is 0. The maximum Gasteiger partial charge on any atom is 2.00 e. The molecule has 1 aliphatic rings. The summed E-state index contributed by atoms with van der Waals surface area (Å²) in [6.45, 7) is 18.1. The van der Waals surface area contributed by atoms with Crippen LogP contribution in [0.4, 0.5) is 23.1 Å². The average Bonchev–Trinajstić information content (AvgIpc) is 2.86. The number of likely N-dealkylation sites (N-methyl/N-ethyl adjacent to an activating group) is 1. The zero-order valence-corrected chi connectivity index (χ0v) is 28.1. The third-order valence-electron chi connectivity index (χ3n) is 6.43. The first-order valence-electron chi connectivity index (χ1n) is 12.8. The Morgan fingerprint density at radius 1 is 1.22 bits per heavy atom. The second-order valence-electron chi connectivity index (χ2n) is 9.50. The number of anilines is 4. The smallest absolute Gasteiger partial charge is 0.373 e. The molecule has 200 valence electrons. The van der Waals surface area contributed by atoms with Crippen LogP contribution in [0.3, 0.4) is 0 Å². The molecule has 0 saturated carbocycles. The first-order valence-corrected chi connectivity index (χ1v) is 13.6. The van der Waals surface area contributed by atoms with Crippen molar-refractivity contribution in [3.63, 3.8) is 0 Å². The van der Waals surface area contributed by atoms with Crippen LogP contribution in [0.2, 0.25) is 0 Å². The summed E-state index contributed by atoms with van der Waals surface area (Å²) in [6, 6.07) is 6.61. The summed E-state index contributed by atoms with van der Waals surface area (Å²) in [6.07, 6.45) is 3.62. The molecule has 1 aliphatic heterocycles. The van der Waals surface area contributed by atoms with E-state index in [4.69, 9.17) is 4.98 Å². The number of amides is 1. The van der Waals surface area contributed by atoms with Gasteiger partial charge in [-0.3, -0.25) is 4.79 Å². The van der Waals surface area contributed by atoms with E-state index in [1.165, 1.54) is 11.3 Å². The normalized spacial score (nSPS) is 13.9. The second kappa shape index (κ2) is 15.9. The van der Waals surface area contributed by atoms with Gasteiger partial charge in [0.15, 0.2) is 0 Å². The van der Waals surface area contributed by atoms with E-state index in [0.29, 0.717) is 44.3 Å². The number of nitrogens with one attached hydrogen (secondary N) is 2. The molecule has 0 radical (unpaired) electrons. The summed E-state index contributed by atoms with van der Waals surface area (Å²) < 4.78 is 0.796. The molecule has 2 N–H and O–H groups in total. The molecular formula is C27H40BrN7OU. The van der Waals surface area contributed by atoms with E-state index >= 15 is 0 Å². The van der Waals surface area contributed by atoms with Crippen molar-refractivity contribution < 1.29 is 35.9 Å². The number of piperazine rings is 1. The minimum absolute atomic E-state index is 0. The Hall–Kier alpha value is -1.34. The summed E-state index contributed by atoms with van der Waals surface area (Å²) in [5.41, 5.74) is 3.53. The molecule has 0 unspecified atom stereocenters. The molecule has 1 aromatic heterocycles. The van der Waals surface area contributed by atoms with Crippen molar-refractivity contribution in [1.29, 1.82) is 0 Å². The molecule has 8 nitrogen and oxygen atoms in total. The second-order valence-corrected chi connectivity index (χ2v) is 10.4. The van der Waals surface area contributed by atoms with Crippen molar-refractivity contribution >= 4 is 45.0 Å². The molecule has 2 heterocycles. The van der Waals surface area contributed by atoms with Crippen LogP contribution in [0.25, 0.3) is 0 Å². The van der Waals surface area contributed by atoms with E-state index < -0.39 is 0 Å². The molecule has 1 fully saturated rings. The maximum absolute atomic E-state index is 12.1. The number of carbonyl (C=O) groups is 1. The minimum Gasteiger partial charge on any atom is -0.373 e. The third kappa shape index (κ3) is 9.42. The summed E-state index contributed by atoms with van der Waals surface area (Å²) in [7, 11) is 2.18. The van der Waals surface area contributed by atoms with Gasteiger partial charge in [-0.2, -0.15) is 11.4 Å². The number of halogens is 1. The number of aromatic nitrogens is 2. The first-order chi connectivity index (χ1) is 17.3. The van der Waals surface area contributed by atoms with Crippen molar-refractivity contribution in [2.24, 2.45) is 0 Å². The topological polar surface area (TPSA) is 76.6 Å². The van der Waals surface area contributed by atoms with Crippen LogP contribution in [-0.2, 0) is 4.79 Å². The Labute approximate surface area is 254 Å². The Morgan fingerprint density at radius 3 is 2.59 bits per heavy atom. The van der Waals surface area contributed by atoms with Gasteiger partial charge in [0, 0.05) is 56.8 Å². The van der Waals surface area contributed by atoms with Crippen LogP contribution in [0.5, 0.6) is 0 Å². The molecule has 2 aromatic rings. The quantitative estimate of drug-likeness (QED) is 0.233. The molecule has 3 rings (SSSR count). The van der Waals surface area contributed by atoms with Crippen LogP contribution in [-0.4, -0.2) is 78.5 Å². The Bertz CT molecular complexity index is 999. The van der Waals surface area contributed by atoms with E-state index in [1.54, 1.807) is 11.1 Å². The number of hydrogen-bond donors (Lipinski definition) is 2. The molecule has 0 spiro atoms. The number of rotatable bonds is 12. The Balaban J connectivity index is 0.00000481. The molecule has 1 amide bonds. The van der Waals surface area contributed by atoms with Crippen LogP contribution >= 0.6 is 15.9 Å². The summed E-state index contributed by atoms with van der Waals surface area (Å²) in [4.78, 5) is 27.9. The predicted octanol–water partition coefficient (Wildman–Crippen LogP) is 4.94. The fourth-order valence-electron chi connectivity index (χ4n) is 4.22. The number of nitrogens with zero attached hydrogens (tertiary/aromatic N) is 5. The summed E-state index contributed by atoms with van der Waals surface area (Å²) >= 11 is 3.54. The van der Waals surface area contributed by atoms with Crippen LogP contribution in [0, 0.1) is 45.0 Å². The summed E-state index contributed by atoms with van der Waals surface area (Å²) in [5, 5.41) is 6.79. The van der Waals surface area contributed by atoms with Crippen LogP contribution in [0.1, 0.15) is 44.6 Å². The van der Waals surface area contributed by atoms with Gasteiger partial charge in [-0.25, -0.2) is 4.98 Å². The standard InChI is InChI=1S/C27H40BrN7O.U/c1-6-9-25(36)34(7-2)13-8-12-29-26-23(28)19-30-27(32-26)31-24-11-10-21(18-22(24)20(3)4)35-16-14-33(5)15-17-35;/h10-11,18-20H,1-2,6-9,12-17H2,3-5H3,(H2,29,30,31,32);/q-2;+2. The van der Waals surface area contributed by atoms with Gasteiger partial charge in [-0.1, -0.05) is 13.8 Å². The summed E-state index contributed by atoms with van der Waals surface area (Å²) in [5.74, 6) is 1.72. The Kier molecular flexibility index (Phi) is 13.7. The van der Waals surface area contributed by atoms with Crippen molar-refractivity contribution in [2.45, 2.75) is 39.0 Å². The SMILES string of the molecule is [CH2-]CCC(=O)N(C[CH2-])CCCNc1nc(Nc2ccc(N3CCN(C)CC3)cc2C(C)C)ncc1Br.[U+2]. The van der Waals surface area contributed by atoms with Crippen LogP contribution in [0.15, 0.2) is 28.9 Å². The van der Waals surface area contributed by atoms with Gasteiger partial charge in [-0.05, 0) is 65.5 Å². The van der Waals surface area contributed by atoms with Crippen molar-refractivity contribution in [1.82, 2.24) is 19.8 Å². The van der Waals surface area contributed by atoms with Gasteiger partial charge in [0.1, 0.15) is 5.82 Å². The molecule has 0 bridgehead atoms. The average molecular weight is 797 g/mol. The van der Waals surface area contributed by atoms with Crippen molar-refractivity contribution in [3.8, 4) is 0 Å². The van der Waals surface area contributed by atoms with E-state index in [9.17, 15) is 4.79 Å². The molecule has 0 aliphatic carbocycles. The molecule has 1 aromatic carbocycles. The van der Waals surface area contributed by atoms with Gasteiger partial charge < -0.3 is 39.2 Å². The molecule has 37 heavy (non-hydrogen) atoms. The van der Waals surface area contributed by atoms with Gasteiger partial charge in [0.25, 0.3) is 0 Å². The van der Waals surface area contributed by atoms with E-state index in [2.05, 4.69) is 94.3 Å². The van der Waals surface area contributed by atoms with E-state index in [0.717, 1.165) is 48.6 Å². The molecule has 1 saturated heterocycles. The van der Waals surface area contributed by atoms with Gasteiger partial charge in [0.2, 0.25) is 11.9 Å².